The predicted octanol–water partition coefficient (Wildman–Crippen LogP) is 3.64. The summed E-state index contributed by atoms with van der Waals surface area (Å²) in [5, 5.41) is 2.15. The van der Waals surface area contributed by atoms with Crippen molar-refractivity contribution in [1.82, 2.24) is 4.90 Å². The third-order valence-corrected chi connectivity index (χ3v) is 5.60. The largest absolute Gasteiger partial charge is 0.497 e. The van der Waals surface area contributed by atoms with Gasteiger partial charge in [-0.15, -0.1) is 11.3 Å². The Bertz CT molecular complexity index is 687. The van der Waals surface area contributed by atoms with Crippen LogP contribution in [0.1, 0.15) is 34.9 Å². The van der Waals surface area contributed by atoms with Crippen molar-refractivity contribution >= 4 is 17.2 Å². The Morgan fingerprint density at radius 1 is 1.23 bits per heavy atom. The second kappa shape index (κ2) is 5.43. The number of amides is 1. The molecule has 0 N–H and O–H groups in total. The molecule has 0 bridgehead atoms. The van der Waals surface area contributed by atoms with Gasteiger partial charge in [-0.3, -0.25) is 4.79 Å². The molecule has 2 heterocycles. The molecule has 0 spiro atoms. The lowest BCUT2D eigenvalue weighted by Gasteiger charge is -2.36. The molecule has 0 unspecified atom stereocenters. The Kier molecular flexibility index (Phi) is 3.41. The Hall–Kier alpha value is -1.81. The van der Waals surface area contributed by atoms with Gasteiger partial charge in [0.2, 0.25) is 5.91 Å². The van der Waals surface area contributed by atoms with Crippen LogP contribution in [0.25, 0.3) is 0 Å². The van der Waals surface area contributed by atoms with Crippen LogP contribution in [0.5, 0.6) is 5.75 Å². The molecule has 1 fully saturated rings. The summed E-state index contributed by atoms with van der Waals surface area (Å²) in [6, 6.07) is 10.4. The van der Waals surface area contributed by atoms with E-state index in [4.69, 9.17) is 4.74 Å². The fourth-order valence-electron chi connectivity index (χ4n) is 3.26. The lowest BCUT2D eigenvalue weighted by molar-refractivity contribution is -0.134. The van der Waals surface area contributed by atoms with Crippen LogP contribution in [0.2, 0.25) is 0 Å². The zero-order valence-corrected chi connectivity index (χ0v) is 13.4. The van der Waals surface area contributed by atoms with Crippen molar-refractivity contribution in [3.8, 4) is 5.75 Å². The average Bonchev–Trinajstić information content (AvgIpc) is 3.31. The average molecular weight is 313 g/mol. The van der Waals surface area contributed by atoms with E-state index in [1.54, 1.807) is 18.4 Å². The SMILES string of the molecule is COc1ccc([C@H]2c3ccsc3CCN2C(=O)C2CC2)cc1. The molecule has 4 rings (SSSR count). The fraction of sp³-hybridized carbons (Fsp3) is 0.389. The fourth-order valence-corrected chi connectivity index (χ4v) is 4.17. The van der Waals surface area contributed by atoms with E-state index >= 15 is 0 Å². The highest BCUT2D eigenvalue weighted by molar-refractivity contribution is 7.10. The minimum Gasteiger partial charge on any atom is -0.497 e. The number of methoxy groups -OCH3 is 1. The van der Waals surface area contributed by atoms with Gasteiger partial charge < -0.3 is 9.64 Å². The van der Waals surface area contributed by atoms with Gasteiger partial charge in [-0.05, 0) is 54.0 Å². The second-order valence-electron chi connectivity index (χ2n) is 6.03. The van der Waals surface area contributed by atoms with Crippen LogP contribution in [-0.2, 0) is 11.2 Å². The van der Waals surface area contributed by atoms with Crippen LogP contribution in [0, 0.1) is 5.92 Å². The van der Waals surface area contributed by atoms with E-state index in [9.17, 15) is 4.79 Å². The van der Waals surface area contributed by atoms with Gasteiger partial charge in [0, 0.05) is 17.3 Å². The number of carbonyl (C=O) groups is 1. The third kappa shape index (κ3) is 2.31. The van der Waals surface area contributed by atoms with E-state index in [2.05, 4.69) is 28.5 Å². The van der Waals surface area contributed by atoms with Crippen molar-refractivity contribution in [2.24, 2.45) is 5.92 Å². The molecule has 2 aliphatic rings. The molecule has 0 radical (unpaired) electrons. The van der Waals surface area contributed by atoms with E-state index in [1.807, 2.05) is 12.1 Å². The van der Waals surface area contributed by atoms with Gasteiger partial charge in [0.15, 0.2) is 0 Å². The molecule has 4 heteroatoms. The summed E-state index contributed by atoms with van der Waals surface area (Å²) in [7, 11) is 1.68. The minimum atomic E-state index is 0.0639. The highest BCUT2D eigenvalue weighted by Crippen LogP contribution is 2.41. The summed E-state index contributed by atoms with van der Waals surface area (Å²) in [5.74, 6) is 1.45. The summed E-state index contributed by atoms with van der Waals surface area (Å²) in [6.07, 6.45) is 3.10. The van der Waals surface area contributed by atoms with Crippen LogP contribution in [0.15, 0.2) is 35.7 Å². The molecule has 1 atom stereocenters. The molecular formula is C18H19NO2S. The van der Waals surface area contributed by atoms with Gasteiger partial charge in [0.1, 0.15) is 5.75 Å². The maximum atomic E-state index is 12.7. The number of benzene rings is 1. The van der Waals surface area contributed by atoms with Gasteiger partial charge in [-0.1, -0.05) is 12.1 Å². The normalized spacial score (nSPS) is 20.6. The molecule has 1 aliphatic carbocycles. The standard InChI is InChI=1S/C18H19NO2S/c1-21-14-6-4-12(5-7-14)17-15-9-11-22-16(15)8-10-19(17)18(20)13-2-3-13/h4-7,9,11,13,17H,2-3,8,10H2,1H3/t17-/m0/s1. The molecule has 3 nitrogen and oxygen atoms in total. The summed E-state index contributed by atoms with van der Waals surface area (Å²) < 4.78 is 5.26. The lowest BCUT2D eigenvalue weighted by atomic mass is 9.93. The third-order valence-electron chi connectivity index (χ3n) is 4.61. The first kappa shape index (κ1) is 13.8. The van der Waals surface area contributed by atoms with Gasteiger partial charge >= 0.3 is 0 Å². The van der Waals surface area contributed by atoms with Crippen molar-refractivity contribution < 1.29 is 9.53 Å². The maximum Gasteiger partial charge on any atom is 0.226 e. The number of rotatable bonds is 3. The molecule has 1 aromatic heterocycles. The number of hydrogen-bond donors (Lipinski definition) is 0. The Balaban J connectivity index is 1.74. The monoisotopic (exact) mass is 313 g/mol. The Labute approximate surface area is 134 Å². The van der Waals surface area contributed by atoms with Gasteiger partial charge in [0.25, 0.3) is 0 Å². The molecule has 1 aromatic carbocycles. The second-order valence-corrected chi connectivity index (χ2v) is 7.03. The number of carbonyl (C=O) groups excluding carboxylic acids is 1. The molecule has 1 amide bonds. The van der Waals surface area contributed by atoms with Crippen LogP contribution in [0.3, 0.4) is 0 Å². The van der Waals surface area contributed by atoms with Crippen LogP contribution in [-0.4, -0.2) is 24.5 Å². The molecule has 22 heavy (non-hydrogen) atoms. The van der Waals surface area contributed by atoms with Crippen molar-refractivity contribution in [3.63, 3.8) is 0 Å². The number of fused-ring (bicyclic) bond motifs is 1. The molecule has 114 valence electrons. The molecule has 2 aromatic rings. The zero-order valence-electron chi connectivity index (χ0n) is 12.6. The number of ether oxygens (including phenoxy) is 1. The molecule has 1 saturated carbocycles. The Morgan fingerprint density at radius 2 is 2.00 bits per heavy atom. The first-order valence-corrected chi connectivity index (χ1v) is 8.66. The van der Waals surface area contributed by atoms with E-state index in [0.717, 1.165) is 31.6 Å². The van der Waals surface area contributed by atoms with Gasteiger partial charge in [-0.25, -0.2) is 0 Å². The zero-order chi connectivity index (χ0) is 15.1. The highest BCUT2D eigenvalue weighted by Gasteiger charge is 2.39. The van der Waals surface area contributed by atoms with Crippen molar-refractivity contribution in [3.05, 3.63) is 51.7 Å². The predicted molar refractivity (Wildman–Crippen MR) is 87.3 cm³/mol. The van der Waals surface area contributed by atoms with Crippen molar-refractivity contribution in [2.45, 2.75) is 25.3 Å². The topological polar surface area (TPSA) is 29.5 Å². The van der Waals surface area contributed by atoms with Crippen LogP contribution < -0.4 is 4.74 Å². The van der Waals surface area contributed by atoms with E-state index in [1.165, 1.54) is 16.0 Å². The summed E-state index contributed by atoms with van der Waals surface area (Å²) >= 11 is 1.81. The molecular weight excluding hydrogens is 294 g/mol. The van der Waals surface area contributed by atoms with Gasteiger partial charge in [-0.2, -0.15) is 0 Å². The number of hydrogen-bond acceptors (Lipinski definition) is 3. The minimum absolute atomic E-state index is 0.0639. The molecule has 0 saturated heterocycles. The van der Waals surface area contributed by atoms with E-state index < -0.39 is 0 Å². The lowest BCUT2D eigenvalue weighted by Crippen LogP contribution is -2.40. The van der Waals surface area contributed by atoms with Crippen molar-refractivity contribution in [1.29, 1.82) is 0 Å². The summed E-state index contributed by atoms with van der Waals surface area (Å²) in [5.41, 5.74) is 2.48. The van der Waals surface area contributed by atoms with E-state index in [0.29, 0.717) is 5.91 Å². The highest BCUT2D eigenvalue weighted by atomic mass is 32.1. The number of nitrogens with zero attached hydrogens (tertiary/aromatic N) is 1. The number of thiophene rings is 1. The van der Waals surface area contributed by atoms with Crippen LogP contribution >= 0.6 is 11.3 Å². The summed E-state index contributed by atoms with van der Waals surface area (Å²) in [4.78, 5) is 16.2. The smallest absolute Gasteiger partial charge is 0.226 e. The van der Waals surface area contributed by atoms with Crippen LogP contribution in [0.4, 0.5) is 0 Å². The first-order chi connectivity index (χ1) is 10.8. The van der Waals surface area contributed by atoms with E-state index in [-0.39, 0.29) is 12.0 Å². The first-order valence-electron chi connectivity index (χ1n) is 7.78. The molecule has 1 aliphatic heterocycles. The van der Waals surface area contributed by atoms with Gasteiger partial charge in [0.05, 0.1) is 13.2 Å². The summed E-state index contributed by atoms with van der Waals surface area (Å²) in [6.45, 7) is 0.833. The maximum absolute atomic E-state index is 12.7. The Morgan fingerprint density at radius 3 is 2.68 bits per heavy atom. The quantitative estimate of drug-likeness (QED) is 0.866. The van der Waals surface area contributed by atoms with Crippen molar-refractivity contribution in [2.75, 3.05) is 13.7 Å².